The van der Waals surface area contributed by atoms with Crippen molar-refractivity contribution in [1.29, 1.82) is 0 Å². The molecule has 1 saturated carbocycles. The Morgan fingerprint density at radius 1 is 1.43 bits per heavy atom. The summed E-state index contributed by atoms with van der Waals surface area (Å²) in [5.41, 5.74) is 5.93. The monoisotopic (exact) mass is 310 g/mol. The highest BCUT2D eigenvalue weighted by Crippen LogP contribution is 2.29. The van der Waals surface area contributed by atoms with Crippen molar-refractivity contribution in [2.24, 2.45) is 5.92 Å². The summed E-state index contributed by atoms with van der Waals surface area (Å²) >= 11 is 1.39. The summed E-state index contributed by atoms with van der Waals surface area (Å²) in [5, 5.41) is 3.96. The standard InChI is InChI=1S/C15H26N4OS/c1-4-19(5-2)15-18-13(16)12(21-15)14(20)17-11-8-6-7-10(3)9-11/h10-11H,4-9,16H2,1-3H3,(H,17,20). The van der Waals surface area contributed by atoms with Crippen molar-refractivity contribution in [2.75, 3.05) is 23.7 Å². The van der Waals surface area contributed by atoms with Crippen LogP contribution in [0, 0.1) is 5.92 Å². The second kappa shape index (κ2) is 7.11. The molecule has 1 fully saturated rings. The highest BCUT2D eigenvalue weighted by atomic mass is 32.1. The number of thiazole rings is 1. The highest BCUT2D eigenvalue weighted by Gasteiger charge is 2.24. The molecule has 1 amide bonds. The van der Waals surface area contributed by atoms with Gasteiger partial charge in [0, 0.05) is 19.1 Å². The molecule has 6 heteroatoms. The average Bonchev–Trinajstić information content (AvgIpc) is 2.82. The molecule has 2 atom stereocenters. The first-order valence-corrected chi connectivity index (χ1v) is 8.68. The SMILES string of the molecule is CCN(CC)c1nc(N)c(C(=O)NC2CCCC(C)C2)s1. The van der Waals surface area contributed by atoms with Crippen molar-refractivity contribution in [3.05, 3.63) is 4.88 Å². The smallest absolute Gasteiger partial charge is 0.265 e. The summed E-state index contributed by atoms with van der Waals surface area (Å²) < 4.78 is 0. The van der Waals surface area contributed by atoms with Gasteiger partial charge in [0.05, 0.1) is 0 Å². The van der Waals surface area contributed by atoms with E-state index in [9.17, 15) is 4.79 Å². The Morgan fingerprint density at radius 3 is 2.76 bits per heavy atom. The Morgan fingerprint density at radius 2 is 2.14 bits per heavy atom. The Hall–Kier alpha value is -1.30. The van der Waals surface area contributed by atoms with Crippen molar-refractivity contribution < 1.29 is 4.79 Å². The number of anilines is 2. The van der Waals surface area contributed by atoms with Crippen molar-refractivity contribution in [3.63, 3.8) is 0 Å². The number of carbonyl (C=O) groups excluding carboxylic acids is 1. The molecule has 0 bridgehead atoms. The van der Waals surface area contributed by atoms with Crippen LogP contribution in [0.4, 0.5) is 10.9 Å². The van der Waals surface area contributed by atoms with Gasteiger partial charge in [0.15, 0.2) is 5.13 Å². The summed E-state index contributed by atoms with van der Waals surface area (Å²) in [5.74, 6) is 0.972. The number of nitrogens with two attached hydrogens (primary N) is 1. The topological polar surface area (TPSA) is 71.2 Å². The molecule has 0 radical (unpaired) electrons. The average molecular weight is 310 g/mol. The van der Waals surface area contributed by atoms with Crippen LogP contribution >= 0.6 is 11.3 Å². The number of carbonyl (C=O) groups is 1. The molecule has 0 aromatic carbocycles. The van der Waals surface area contributed by atoms with E-state index < -0.39 is 0 Å². The Bertz CT molecular complexity index is 484. The van der Waals surface area contributed by atoms with Gasteiger partial charge in [-0.15, -0.1) is 0 Å². The molecule has 2 rings (SSSR count). The van der Waals surface area contributed by atoms with E-state index in [0.29, 0.717) is 16.6 Å². The zero-order valence-corrected chi connectivity index (χ0v) is 14.0. The van der Waals surface area contributed by atoms with Gasteiger partial charge in [-0.05, 0) is 32.6 Å². The minimum atomic E-state index is -0.0671. The van der Waals surface area contributed by atoms with Crippen LogP contribution in [-0.4, -0.2) is 30.0 Å². The first-order valence-electron chi connectivity index (χ1n) is 7.87. The minimum Gasteiger partial charge on any atom is -0.382 e. The largest absolute Gasteiger partial charge is 0.382 e. The van der Waals surface area contributed by atoms with Gasteiger partial charge in [0.2, 0.25) is 0 Å². The van der Waals surface area contributed by atoms with Crippen LogP contribution in [0.25, 0.3) is 0 Å². The summed E-state index contributed by atoms with van der Waals surface area (Å²) in [6.45, 7) is 8.13. The van der Waals surface area contributed by atoms with Gasteiger partial charge < -0.3 is 16.0 Å². The first kappa shape index (κ1) is 16.1. The molecule has 0 aliphatic heterocycles. The van der Waals surface area contributed by atoms with Gasteiger partial charge in [0.1, 0.15) is 10.7 Å². The summed E-state index contributed by atoms with van der Waals surface area (Å²) in [6.07, 6.45) is 4.58. The summed E-state index contributed by atoms with van der Waals surface area (Å²) in [4.78, 5) is 19.4. The van der Waals surface area contributed by atoms with Crippen molar-refractivity contribution in [2.45, 2.75) is 52.5 Å². The van der Waals surface area contributed by atoms with Crippen LogP contribution in [0.2, 0.25) is 0 Å². The van der Waals surface area contributed by atoms with Gasteiger partial charge in [-0.1, -0.05) is 31.1 Å². The summed E-state index contributed by atoms with van der Waals surface area (Å²) in [6, 6.07) is 0.277. The Labute approximate surface area is 130 Å². The Kier molecular flexibility index (Phi) is 5.45. The van der Waals surface area contributed by atoms with Crippen LogP contribution < -0.4 is 16.0 Å². The lowest BCUT2D eigenvalue weighted by atomic mass is 9.87. The number of hydrogen-bond acceptors (Lipinski definition) is 5. The zero-order valence-electron chi connectivity index (χ0n) is 13.2. The molecule has 1 aliphatic carbocycles. The number of aromatic nitrogens is 1. The molecular formula is C15H26N4OS. The third-order valence-electron chi connectivity index (χ3n) is 4.15. The normalized spacial score (nSPS) is 22.0. The Balaban J connectivity index is 2.05. The number of nitrogens with one attached hydrogen (secondary N) is 1. The predicted octanol–water partition coefficient (Wildman–Crippen LogP) is 2.88. The van der Waals surface area contributed by atoms with Crippen LogP contribution in [0.3, 0.4) is 0 Å². The molecule has 1 aromatic heterocycles. The van der Waals surface area contributed by atoms with Crippen LogP contribution in [0.5, 0.6) is 0 Å². The van der Waals surface area contributed by atoms with Crippen molar-refractivity contribution in [1.82, 2.24) is 10.3 Å². The molecule has 1 aromatic rings. The highest BCUT2D eigenvalue weighted by molar-refractivity contribution is 7.18. The third-order valence-corrected chi connectivity index (χ3v) is 5.28. The molecule has 0 saturated heterocycles. The van der Waals surface area contributed by atoms with E-state index in [1.165, 1.54) is 24.2 Å². The zero-order chi connectivity index (χ0) is 15.4. The molecule has 0 spiro atoms. The van der Waals surface area contributed by atoms with Crippen LogP contribution in [0.1, 0.15) is 56.1 Å². The lowest BCUT2D eigenvalue weighted by Crippen LogP contribution is -2.37. The fourth-order valence-electron chi connectivity index (χ4n) is 2.93. The van der Waals surface area contributed by atoms with E-state index in [0.717, 1.165) is 31.1 Å². The molecule has 21 heavy (non-hydrogen) atoms. The fourth-order valence-corrected chi connectivity index (χ4v) is 3.94. The summed E-state index contributed by atoms with van der Waals surface area (Å²) in [7, 11) is 0. The first-order chi connectivity index (χ1) is 10.0. The number of nitrogens with zero attached hydrogens (tertiary/aromatic N) is 2. The van der Waals surface area contributed by atoms with E-state index >= 15 is 0 Å². The molecule has 1 aliphatic rings. The quantitative estimate of drug-likeness (QED) is 0.877. The third kappa shape index (κ3) is 3.87. The molecule has 118 valence electrons. The van der Waals surface area contributed by atoms with E-state index in [2.05, 4.69) is 36.0 Å². The van der Waals surface area contributed by atoms with E-state index in [-0.39, 0.29) is 11.9 Å². The lowest BCUT2D eigenvalue weighted by Gasteiger charge is -2.27. The van der Waals surface area contributed by atoms with Gasteiger partial charge >= 0.3 is 0 Å². The lowest BCUT2D eigenvalue weighted by molar-refractivity contribution is 0.0926. The minimum absolute atomic E-state index is 0.0671. The molecule has 5 nitrogen and oxygen atoms in total. The predicted molar refractivity (Wildman–Crippen MR) is 89.0 cm³/mol. The molecular weight excluding hydrogens is 284 g/mol. The van der Waals surface area contributed by atoms with E-state index in [1.807, 2.05) is 0 Å². The van der Waals surface area contributed by atoms with Crippen molar-refractivity contribution in [3.8, 4) is 0 Å². The molecule has 1 heterocycles. The molecule has 3 N–H and O–H groups in total. The second-order valence-corrected chi connectivity index (χ2v) is 6.80. The van der Waals surface area contributed by atoms with E-state index in [4.69, 9.17) is 5.73 Å². The van der Waals surface area contributed by atoms with Gasteiger partial charge in [-0.3, -0.25) is 4.79 Å². The van der Waals surface area contributed by atoms with Crippen LogP contribution in [-0.2, 0) is 0 Å². The van der Waals surface area contributed by atoms with E-state index in [1.54, 1.807) is 0 Å². The van der Waals surface area contributed by atoms with Crippen LogP contribution in [0.15, 0.2) is 0 Å². The second-order valence-electron chi connectivity index (χ2n) is 5.83. The number of rotatable bonds is 5. The van der Waals surface area contributed by atoms with Crippen molar-refractivity contribution >= 4 is 28.2 Å². The van der Waals surface area contributed by atoms with Gasteiger partial charge in [0.25, 0.3) is 5.91 Å². The van der Waals surface area contributed by atoms with Gasteiger partial charge in [-0.25, -0.2) is 4.98 Å². The maximum absolute atomic E-state index is 12.4. The van der Waals surface area contributed by atoms with Gasteiger partial charge in [-0.2, -0.15) is 0 Å². The fraction of sp³-hybridized carbons (Fsp3) is 0.733. The maximum Gasteiger partial charge on any atom is 0.265 e. The molecule has 2 unspecified atom stereocenters. The number of nitrogen functional groups attached to an aromatic ring is 1. The number of amides is 1. The number of hydrogen-bond donors (Lipinski definition) is 2. The maximum atomic E-state index is 12.4.